The number of hydrogen-bond donors (Lipinski definition) is 2. The lowest BCUT2D eigenvalue weighted by Gasteiger charge is -2.09. The van der Waals surface area contributed by atoms with Crippen LogP contribution in [0.15, 0.2) is 46.1 Å². The summed E-state index contributed by atoms with van der Waals surface area (Å²) in [4.78, 5) is 27.9. The highest BCUT2D eigenvalue weighted by atomic mass is 32.2. The Labute approximate surface area is 168 Å². The van der Waals surface area contributed by atoms with Gasteiger partial charge in [-0.3, -0.25) is 9.59 Å². The topological polar surface area (TPSA) is 85.1 Å². The molecule has 0 radical (unpaired) electrons. The van der Waals surface area contributed by atoms with Gasteiger partial charge in [0.1, 0.15) is 16.0 Å². The number of nitrogens with two attached hydrogens (primary N) is 1. The van der Waals surface area contributed by atoms with Gasteiger partial charge in [0.15, 0.2) is 0 Å². The van der Waals surface area contributed by atoms with Crippen LogP contribution >= 0.6 is 23.1 Å². The van der Waals surface area contributed by atoms with Crippen molar-refractivity contribution >= 4 is 40.6 Å². The number of nitrogens with one attached hydrogen (secondary N) is 1. The van der Waals surface area contributed by atoms with E-state index in [1.54, 1.807) is 47.4 Å². The van der Waals surface area contributed by atoms with Crippen molar-refractivity contribution < 1.29 is 18.4 Å². The largest absolute Gasteiger partial charge is 0.366 e. The molecule has 3 N–H and O–H groups in total. The zero-order valence-corrected chi connectivity index (χ0v) is 16.3. The Morgan fingerprint density at radius 1 is 1.18 bits per heavy atom. The Bertz CT molecular complexity index is 1040. The number of thioether (sulfide) groups is 1. The lowest BCUT2D eigenvalue weighted by atomic mass is 10.1. The molecule has 3 rings (SSSR count). The smallest absolute Gasteiger partial charge is 0.255 e. The number of anilines is 1. The van der Waals surface area contributed by atoms with Crippen LogP contribution in [0.1, 0.15) is 32.0 Å². The molecule has 0 aliphatic rings. The maximum atomic E-state index is 13.9. The van der Waals surface area contributed by atoms with Gasteiger partial charge < -0.3 is 11.1 Å². The van der Waals surface area contributed by atoms with E-state index in [0.717, 1.165) is 21.7 Å². The molecule has 0 saturated carbocycles. The quantitative estimate of drug-likeness (QED) is 0.581. The second kappa shape index (κ2) is 8.49. The Kier molecular flexibility index (Phi) is 6.05. The number of rotatable bonds is 6. The fourth-order valence-corrected chi connectivity index (χ4v) is 4.13. The maximum absolute atomic E-state index is 13.9. The standard InChI is InChI=1S/C19H15F2N3O2S2/c1-10-8-27-19(23-10)28-9-11-2-4-12(5-3-11)18(26)24-16-6-13(17(22)25)14(20)7-15(16)21/h2-8H,9H2,1H3,(H2,22,25)(H,24,26). The van der Waals surface area contributed by atoms with E-state index in [9.17, 15) is 18.4 Å². The van der Waals surface area contributed by atoms with E-state index in [-0.39, 0.29) is 5.69 Å². The zero-order valence-electron chi connectivity index (χ0n) is 14.7. The lowest BCUT2D eigenvalue weighted by molar-refractivity contribution is 0.0992. The summed E-state index contributed by atoms with van der Waals surface area (Å²) in [6.07, 6.45) is 0. The number of aryl methyl sites for hydroxylation is 1. The minimum atomic E-state index is -1.08. The first-order valence-electron chi connectivity index (χ1n) is 8.07. The van der Waals surface area contributed by atoms with Gasteiger partial charge in [0.05, 0.1) is 11.3 Å². The Morgan fingerprint density at radius 3 is 2.50 bits per heavy atom. The summed E-state index contributed by atoms with van der Waals surface area (Å²) in [6.45, 7) is 1.93. The van der Waals surface area contributed by atoms with Crippen LogP contribution in [0.3, 0.4) is 0 Å². The van der Waals surface area contributed by atoms with E-state index in [0.29, 0.717) is 17.4 Å². The van der Waals surface area contributed by atoms with E-state index in [1.807, 2.05) is 12.3 Å². The average molecular weight is 419 g/mol. The highest BCUT2D eigenvalue weighted by Crippen LogP contribution is 2.26. The van der Waals surface area contributed by atoms with Crippen molar-refractivity contribution in [3.63, 3.8) is 0 Å². The monoisotopic (exact) mass is 419 g/mol. The van der Waals surface area contributed by atoms with Crippen LogP contribution in [0, 0.1) is 18.6 Å². The molecule has 0 atom stereocenters. The number of hydrogen-bond acceptors (Lipinski definition) is 5. The molecule has 0 saturated heterocycles. The Balaban J connectivity index is 1.68. The molecule has 0 aliphatic heterocycles. The van der Waals surface area contributed by atoms with Crippen LogP contribution < -0.4 is 11.1 Å². The number of primary amides is 1. The number of carbonyl (C=O) groups excluding carboxylic acids is 2. The van der Waals surface area contributed by atoms with Crippen molar-refractivity contribution in [2.24, 2.45) is 5.73 Å². The summed E-state index contributed by atoms with van der Waals surface area (Å²) in [5.41, 5.74) is 6.50. The van der Waals surface area contributed by atoms with Crippen LogP contribution in [-0.4, -0.2) is 16.8 Å². The second-order valence-corrected chi connectivity index (χ2v) is 7.95. The first-order valence-corrected chi connectivity index (χ1v) is 9.94. The molecule has 0 bridgehead atoms. The fourth-order valence-electron chi connectivity index (χ4n) is 2.32. The summed E-state index contributed by atoms with van der Waals surface area (Å²) in [6, 6.07) is 8.18. The molecule has 0 aliphatic carbocycles. The highest BCUT2D eigenvalue weighted by molar-refractivity contribution is 8.00. The van der Waals surface area contributed by atoms with Gasteiger partial charge in [0, 0.05) is 28.5 Å². The van der Waals surface area contributed by atoms with Crippen LogP contribution in [0.5, 0.6) is 0 Å². The molecular formula is C19H15F2N3O2S2. The molecule has 28 heavy (non-hydrogen) atoms. The first kappa shape index (κ1) is 20.0. The summed E-state index contributed by atoms with van der Waals surface area (Å²) in [5, 5.41) is 4.31. The van der Waals surface area contributed by atoms with Crippen molar-refractivity contribution in [1.29, 1.82) is 0 Å². The zero-order chi connectivity index (χ0) is 20.3. The number of nitrogens with zero attached hydrogens (tertiary/aromatic N) is 1. The molecule has 1 aromatic heterocycles. The molecule has 1 heterocycles. The molecular weight excluding hydrogens is 404 g/mol. The SMILES string of the molecule is Cc1csc(SCc2ccc(C(=O)Nc3cc(C(N)=O)c(F)cc3F)cc2)n1. The summed E-state index contributed by atoms with van der Waals surface area (Å²) >= 11 is 3.17. The summed E-state index contributed by atoms with van der Waals surface area (Å²) in [5.74, 6) is -3.02. The molecule has 144 valence electrons. The van der Waals surface area contributed by atoms with Gasteiger partial charge in [0.2, 0.25) is 0 Å². The molecule has 0 unspecified atom stereocenters. The Hall–Kier alpha value is -2.78. The van der Waals surface area contributed by atoms with Gasteiger partial charge in [-0.15, -0.1) is 11.3 Å². The van der Waals surface area contributed by atoms with E-state index < -0.39 is 29.0 Å². The van der Waals surface area contributed by atoms with E-state index in [4.69, 9.17) is 5.73 Å². The van der Waals surface area contributed by atoms with Crippen molar-refractivity contribution in [1.82, 2.24) is 4.98 Å². The second-order valence-electron chi connectivity index (χ2n) is 5.87. The van der Waals surface area contributed by atoms with E-state index in [2.05, 4.69) is 10.3 Å². The number of amides is 2. The fraction of sp³-hybridized carbons (Fsp3) is 0.105. The van der Waals surface area contributed by atoms with E-state index >= 15 is 0 Å². The normalized spacial score (nSPS) is 10.7. The third-order valence-electron chi connectivity index (χ3n) is 3.75. The molecule has 9 heteroatoms. The average Bonchev–Trinajstić information content (AvgIpc) is 3.07. The number of carbonyl (C=O) groups is 2. The van der Waals surface area contributed by atoms with Gasteiger partial charge in [-0.05, 0) is 30.7 Å². The molecule has 2 aromatic carbocycles. The minimum Gasteiger partial charge on any atom is -0.366 e. The van der Waals surface area contributed by atoms with Gasteiger partial charge >= 0.3 is 0 Å². The molecule has 0 spiro atoms. The number of benzene rings is 2. The predicted octanol–water partition coefficient (Wildman–Crippen LogP) is 4.37. The van der Waals surface area contributed by atoms with Crippen LogP contribution in [-0.2, 0) is 5.75 Å². The van der Waals surface area contributed by atoms with Crippen molar-refractivity contribution in [2.75, 3.05) is 5.32 Å². The molecule has 2 amide bonds. The maximum Gasteiger partial charge on any atom is 0.255 e. The Morgan fingerprint density at radius 2 is 1.89 bits per heavy atom. The first-order chi connectivity index (χ1) is 13.3. The van der Waals surface area contributed by atoms with Gasteiger partial charge in [-0.1, -0.05) is 23.9 Å². The van der Waals surface area contributed by atoms with Crippen LogP contribution in [0.4, 0.5) is 14.5 Å². The number of halogens is 2. The third kappa shape index (κ3) is 4.73. The van der Waals surface area contributed by atoms with Crippen LogP contribution in [0.25, 0.3) is 0 Å². The van der Waals surface area contributed by atoms with Gasteiger partial charge in [0.25, 0.3) is 11.8 Å². The summed E-state index contributed by atoms with van der Waals surface area (Å²) in [7, 11) is 0. The van der Waals surface area contributed by atoms with Gasteiger partial charge in [-0.2, -0.15) is 0 Å². The molecule has 5 nitrogen and oxygen atoms in total. The highest BCUT2D eigenvalue weighted by Gasteiger charge is 2.16. The van der Waals surface area contributed by atoms with Crippen LogP contribution in [0.2, 0.25) is 0 Å². The summed E-state index contributed by atoms with van der Waals surface area (Å²) < 4.78 is 28.4. The number of aromatic nitrogens is 1. The number of thiazole rings is 1. The predicted molar refractivity (Wildman–Crippen MR) is 106 cm³/mol. The van der Waals surface area contributed by atoms with Crippen molar-refractivity contribution in [3.05, 3.63) is 75.8 Å². The van der Waals surface area contributed by atoms with Crippen molar-refractivity contribution in [3.8, 4) is 0 Å². The lowest BCUT2D eigenvalue weighted by Crippen LogP contribution is -2.17. The van der Waals surface area contributed by atoms with E-state index in [1.165, 1.54) is 0 Å². The van der Waals surface area contributed by atoms with Gasteiger partial charge in [-0.25, -0.2) is 13.8 Å². The minimum absolute atomic E-state index is 0.295. The van der Waals surface area contributed by atoms with Crippen molar-refractivity contribution in [2.45, 2.75) is 17.0 Å². The third-order valence-corrected chi connectivity index (χ3v) is 5.96. The molecule has 0 fully saturated rings. The molecule has 3 aromatic rings.